The first-order chi connectivity index (χ1) is 8.52. The van der Waals surface area contributed by atoms with Crippen LogP contribution < -0.4 is 21.5 Å². The van der Waals surface area contributed by atoms with Crippen molar-refractivity contribution in [1.29, 1.82) is 0 Å². The third kappa shape index (κ3) is 4.42. The molecule has 1 aromatic carbocycles. The van der Waals surface area contributed by atoms with E-state index in [-0.39, 0.29) is 6.54 Å². The molecule has 0 aromatic heterocycles. The Labute approximate surface area is 105 Å². The zero-order valence-corrected chi connectivity index (χ0v) is 10.2. The highest BCUT2D eigenvalue weighted by Gasteiger charge is 2.14. The molecule has 98 valence electrons. The Bertz CT molecular complexity index is 417. The van der Waals surface area contributed by atoms with Crippen LogP contribution in [0.4, 0.5) is 0 Å². The zero-order chi connectivity index (χ0) is 13.5. The highest BCUT2D eigenvalue weighted by molar-refractivity contribution is 5.86. The maximum absolute atomic E-state index is 11.5. The number of carbonyl (C=O) groups is 2. The lowest BCUT2D eigenvalue weighted by Gasteiger charge is -2.11. The van der Waals surface area contributed by atoms with Gasteiger partial charge in [-0.2, -0.15) is 0 Å². The average molecular weight is 251 g/mol. The van der Waals surface area contributed by atoms with Crippen molar-refractivity contribution in [3.63, 3.8) is 0 Å². The number of carbonyl (C=O) groups excluding carboxylic acids is 2. The summed E-state index contributed by atoms with van der Waals surface area (Å²) in [7, 11) is 1.58. The molecule has 6 heteroatoms. The van der Waals surface area contributed by atoms with Gasteiger partial charge in [0.25, 0.3) is 0 Å². The van der Waals surface area contributed by atoms with Gasteiger partial charge in [-0.1, -0.05) is 12.1 Å². The Hall–Kier alpha value is -2.08. The molecule has 0 saturated heterocycles. The summed E-state index contributed by atoms with van der Waals surface area (Å²) in [6, 6.07) is 6.55. The van der Waals surface area contributed by atoms with Crippen molar-refractivity contribution in [3.05, 3.63) is 29.8 Å². The first kappa shape index (κ1) is 14.0. The number of methoxy groups -OCH3 is 1. The van der Waals surface area contributed by atoms with Crippen molar-refractivity contribution < 1.29 is 14.3 Å². The van der Waals surface area contributed by atoms with Crippen LogP contribution in [0.3, 0.4) is 0 Å². The molecular formula is C12H17N3O3. The van der Waals surface area contributed by atoms with Crippen LogP contribution in [0.5, 0.6) is 5.75 Å². The molecular weight excluding hydrogens is 234 g/mol. The van der Waals surface area contributed by atoms with Gasteiger partial charge in [0.05, 0.1) is 19.7 Å². The molecule has 1 aromatic rings. The lowest BCUT2D eigenvalue weighted by molar-refractivity contribution is -0.125. The third-order valence-corrected chi connectivity index (χ3v) is 2.39. The predicted octanol–water partition coefficient (Wildman–Crippen LogP) is -0.833. The number of nitrogens with one attached hydrogen (secondary N) is 1. The van der Waals surface area contributed by atoms with Crippen molar-refractivity contribution in [3.8, 4) is 5.75 Å². The van der Waals surface area contributed by atoms with E-state index < -0.39 is 17.9 Å². The molecule has 0 bridgehead atoms. The highest BCUT2D eigenvalue weighted by atomic mass is 16.5. The van der Waals surface area contributed by atoms with Crippen LogP contribution in [0, 0.1) is 0 Å². The molecule has 0 fully saturated rings. The lowest BCUT2D eigenvalue weighted by Crippen LogP contribution is -2.44. The van der Waals surface area contributed by atoms with Gasteiger partial charge in [-0.3, -0.25) is 9.59 Å². The molecule has 2 amide bonds. The van der Waals surface area contributed by atoms with Gasteiger partial charge >= 0.3 is 0 Å². The third-order valence-electron chi connectivity index (χ3n) is 2.39. The second-order valence-electron chi connectivity index (χ2n) is 3.84. The van der Waals surface area contributed by atoms with Crippen LogP contribution in [0.2, 0.25) is 0 Å². The van der Waals surface area contributed by atoms with Gasteiger partial charge in [-0.25, -0.2) is 0 Å². The van der Waals surface area contributed by atoms with E-state index in [1.165, 1.54) is 0 Å². The van der Waals surface area contributed by atoms with Crippen LogP contribution in [0.1, 0.15) is 5.56 Å². The van der Waals surface area contributed by atoms with Crippen molar-refractivity contribution in [2.45, 2.75) is 12.5 Å². The van der Waals surface area contributed by atoms with Crippen LogP contribution >= 0.6 is 0 Å². The second kappa shape index (κ2) is 6.61. The number of amides is 2. The number of hydrogen-bond donors (Lipinski definition) is 3. The normalized spacial score (nSPS) is 11.7. The molecule has 6 nitrogen and oxygen atoms in total. The zero-order valence-electron chi connectivity index (χ0n) is 10.2. The molecule has 0 aliphatic rings. The summed E-state index contributed by atoms with van der Waals surface area (Å²) in [6.07, 6.45) is 0.384. The molecule has 0 spiro atoms. The molecule has 0 aliphatic heterocycles. The van der Waals surface area contributed by atoms with Crippen LogP contribution in [0.15, 0.2) is 24.3 Å². The van der Waals surface area contributed by atoms with Crippen LogP contribution in [0.25, 0.3) is 0 Å². The number of rotatable bonds is 6. The van der Waals surface area contributed by atoms with E-state index in [0.29, 0.717) is 6.42 Å². The lowest BCUT2D eigenvalue weighted by atomic mass is 10.1. The average Bonchev–Trinajstić information content (AvgIpc) is 2.36. The molecule has 0 aliphatic carbocycles. The smallest absolute Gasteiger partial charge is 0.237 e. The molecule has 5 N–H and O–H groups in total. The van der Waals surface area contributed by atoms with E-state index in [1.54, 1.807) is 19.2 Å². The number of nitrogens with two attached hydrogens (primary N) is 2. The van der Waals surface area contributed by atoms with Crippen LogP contribution in [-0.2, 0) is 16.0 Å². The van der Waals surface area contributed by atoms with Crippen LogP contribution in [-0.4, -0.2) is 31.5 Å². The van der Waals surface area contributed by atoms with Gasteiger partial charge in [-0.15, -0.1) is 0 Å². The maximum atomic E-state index is 11.5. The van der Waals surface area contributed by atoms with Gasteiger partial charge in [0.2, 0.25) is 11.8 Å². The largest absolute Gasteiger partial charge is 0.497 e. The second-order valence-corrected chi connectivity index (χ2v) is 3.84. The number of hydrogen-bond acceptors (Lipinski definition) is 4. The summed E-state index contributed by atoms with van der Waals surface area (Å²) >= 11 is 0. The molecule has 0 radical (unpaired) electrons. The minimum absolute atomic E-state index is 0.199. The van der Waals surface area contributed by atoms with E-state index in [1.807, 2.05) is 12.1 Å². The van der Waals surface area contributed by atoms with Crippen molar-refractivity contribution in [1.82, 2.24) is 5.32 Å². The maximum Gasteiger partial charge on any atom is 0.237 e. The topological polar surface area (TPSA) is 107 Å². The van der Waals surface area contributed by atoms with Gasteiger partial charge in [0.15, 0.2) is 0 Å². The van der Waals surface area contributed by atoms with E-state index in [2.05, 4.69) is 5.32 Å². The SMILES string of the molecule is COc1ccc(CC(N)C(=O)NCC(N)=O)cc1. The summed E-state index contributed by atoms with van der Waals surface area (Å²) in [6.45, 7) is -0.199. The summed E-state index contributed by atoms with van der Waals surface area (Å²) in [5.41, 5.74) is 11.5. The monoisotopic (exact) mass is 251 g/mol. The Balaban J connectivity index is 2.49. The number of ether oxygens (including phenoxy) is 1. The van der Waals surface area contributed by atoms with Gasteiger partial charge in [-0.05, 0) is 24.1 Å². The molecule has 1 atom stereocenters. The fourth-order valence-electron chi connectivity index (χ4n) is 1.41. The molecule has 1 rings (SSSR count). The predicted molar refractivity (Wildman–Crippen MR) is 66.9 cm³/mol. The Kier molecular flexibility index (Phi) is 5.13. The number of benzene rings is 1. The van der Waals surface area contributed by atoms with E-state index in [9.17, 15) is 9.59 Å². The fourth-order valence-corrected chi connectivity index (χ4v) is 1.41. The summed E-state index contributed by atoms with van der Waals surface area (Å²) in [5, 5.41) is 2.36. The fraction of sp³-hybridized carbons (Fsp3) is 0.333. The van der Waals surface area contributed by atoms with Gasteiger partial charge in [0, 0.05) is 0 Å². The molecule has 0 heterocycles. The molecule has 0 saturated carbocycles. The molecule has 18 heavy (non-hydrogen) atoms. The Morgan fingerprint density at radius 1 is 1.33 bits per heavy atom. The quantitative estimate of drug-likeness (QED) is 0.613. The minimum atomic E-state index is -0.710. The molecule has 1 unspecified atom stereocenters. The highest BCUT2D eigenvalue weighted by Crippen LogP contribution is 2.12. The standard InChI is InChI=1S/C12H17N3O3/c1-18-9-4-2-8(3-5-9)6-10(13)12(17)15-7-11(14)16/h2-5,10H,6-7,13H2,1H3,(H2,14,16)(H,15,17). The van der Waals surface area contributed by atoms with Crippen molar-refractivity contribution >= 4 is 11.8 Å². The first-order valence-electron chi connectivity index (χ1n) is 5.47. The number of primary amides is 1. The summed E-state index contributed by atoms with van der Waals surface area (Å²) in [4.78, 5) is 22.0. The Morgan fingerprint density at radius 2 is 1.94 bits per heavy atom. The summed E-state index contributed by atoms with van der Waals surface area (Å²) in [5.74, 6) is -0.255. The van der Waals surface area contributed by atoms with E-state index >= 15 is 0 Å². The van der Waals surface area contributed by atoms with E-state index in [0.717, 1.165) is 11.3 Å². The Morgan fingerprint density at radius 3 is 2.44 bits per heavy atom. The van der Waals surface area contributed by atoms with Gasteiger partial charge in [0.1, 0.15) is 5.75 Å². The van der Waals surface area contributed by atoms with Crippen molar-refractivity contribution in [2.24, 2.45) is 11.5 Å². The minimum Gasteiger partial charge on any atom is -0.497 e. The van der Waals surface area contributed by atoms with Crippen molar-refractivity contribution in [2.75, 3.05) is 13.7 Å². The van der Waals surface area contributed by atoms with Gasteiger partial charge < -0.3 is 21.5 Å². The summed E-state index contributed by atoms with van der Waals surface area (Å²) < 4.78 is 5.02. The van der Waals surface area contributed by atoms with E-state index in [4.69, 9.17) is 16.2 Å². The first-order valence-corrected chi connectivity index (χ1v) is 5.47.